The summed E-state index contributed by atoms with van der Waals surface area (Å²) in [6.45, 7) is 4.72. The summed E-state index contributed by atoms with van der Waals surface area (Å²) in [4.78, 5) is 32.6. The second-order valence-electron chi connectivity index (χ2n) is 7.44. The first-order valence-corrected chi connectivity index (χ1v) is 9.38. The van der Waals surface area contributed by atoms with Crippen molar-refractivity contribution in [3.8, 4) is 5.75 Å². The number of nitrogens with zero attached hydrogens (tertiary/aromatic N) is 4. The van der Waals surface area contributed by atoms with E-state index in [1.165, 1.54) is 0 Å². The smallest absolute Gasteiger partial charge is 0.253 e. The molecule has 0 N–H and O–H groups in total. The minimum atomic E-state index is -0.0527. The van der Waals surface area contributed by atoms with Crippen LogP contribution in [0, 0.1) is 0 Å². The highest BCUT2D eigenvalue weighted by Gasteiger charge is 2.29. The number of rotatable bonds is 7. The van der Waals surface area contributed by atoms with Crippen LogP contribution in [0.4, 0.5) is 5.69 Å². The van der Waals surface area contributed by atoms with Crippen LogP contribution >= 0.6 is 0 Å². The Kier molecular flexibility index (Phi) is 7.07. The van der Waals surface area contributed by atoms with Gasteiger partial charge in [-0.3, -0.25) is 9.59 Å². The van der Waals surface area contributed by atoms with Gasteiger partial charge in [0.2, 0.25) is 5.91 Å². The Balaban J connectivity index is 2.10. The number of anilines is 1. The Morgan fingerprint density at radius 3 is 2.48 bits per heavy atom. The van der Waals surface area contributed by atoms with Crippen molar-refractivity contribution >= 4 is 17.5 Å². The summed E-state index contributed by atoms with van der Waals surface area (Å²) < 4.78 is 5.87. The van der Waals surface area contributed by atoms with E-state index in [0.717, 1.165) is 24.5 Å². The summed E-state index contributed by atoms with van der Waals surface area (Å²) >= 11 is 0. The zero-order chi connectivity index (χ0) is 20.1. The highest BCUT2D eigenvalue weighted by molar-refractivity contribution is 5.95. The molecule has 7 heteroatoms. The molecule has 27 heavy (non-hydrogen) atoms. The van der Waals surface area contributed by atoms with Crippen molar-refractivity contribution in [1.29, 1.82) is 0 Å². The predicted octanol–water partition coefficient (Wildman–Crippen LogP) is 1.39. The maximum atomic E-state index is 12.7. The molecule has 0 fully saturated rings. The van der Waals surface area contributed by atoms with E-state index in [1.807, 2.05) is 45.1 Å². The van der Waals surface area contributed by atoms with E-state index < -0.39 is 0 Å². The average Bonchev–Trinajstić information content (AvgIpc) is 2.63. The molecular weight excluding hydrogens is 344 g/mol. The van der Waals surface area contributed by atoms with Gasteiger partial charge in [0.1, 0.15) is 12.4 Å². The molecule has 1 aromatic rings. The van der Waals surface area contributed by atoms with E-state index >= 15 is 0 Å². The molecule has 1 aromatic carbocycles. The van der Waals surface area contributed by atoms with Crippen molar-refractivity contribution in [2.24, 2.45) is 0 Å². The number of likely N-dealkylation sites (N-methyl/N-ethyl adjacent to an activating group) is 3. The van der Waals surface area contributed by atoms with Gasteiger partial charge >= 0.3 is 0 Å². The zero-order valence-electron chi connectivity index (χ0n) is 17.4. The fourth-order valence-corrected chi connectivity index (χ4v) is 3.11. The fraction of sp³-hybridized carbons (Fsp3) is 0.600. The zero-order valence-corrected chi connectivity index (χ0v) is 17.4. The van der Waals surface area contributed by atoms with Crippen LogP contribution in [0.25, 0.3) is 0 Å². The molecule has 7 nitrogen and oxygen atoms in total. The molecule has 0 aliphatic carbocycles. The fourth-order valence-electron chi connectivity index (χ4n) is 3.11. The van der Waals surface area contributed by atoms with Crippen LogP contribution in [0.2, 0.25) is 0 Å². The van der Waals surface area contributed by atoms with Crippen LogP contribution in [-0.2, 0) is 4.79 Å². The topological polar surface area (TPSA) is 56.3 Å². The first-order valence-electron chi connectivity index (χ1n) is 9.38. The SMILES string of the molecule is CCN(CCN(C)C)C(=O)C[C@@H]1COc2ccc(C(=O)N(C)C)cc2N1C. The summed E-state index contributed by atoms with van der Waals surface area (Å²) in [6, 6.07) is 5.40. The van der Waals surface area contributed by atoms with Gasteiger partial charge in [-0.25, -0.2) is 0 Å². The summed E-state index contributed by atoms with van der Waals surface area (Å²) in [5.74, 6) is 0.825. The standard InChI is InChI=1S/C20H32N4O3/c1-7-24(11-10-21(2)3)19(25)13-16-14-27-18-9-8-15(20(26)22(4)5)12-17(18)23(16)6/h8-9,12,16H,7,10-11,13-14H2,1-6H3/t16-/m1/s1. The number of hydrogen-bond donors (Lipinski definition) is 0. The Morgan fingerprint density at radius 1 is 1.19 bits per heavy atom. The van der Waals surface area contributed by atoms with E-state index in [0.29, 0.717) is 25.1 Å². The second-order valence-corrected chi connectivity index (χ2v) is 7.44. The van der Waals surface area contributed by atoms with Crippen molar-refractivity contribution in [3.63, 3.8) is 0 Å². The summed E-state index contributed by atoms with van der Waals surface area (Å²) in [6.07, 6.45) is 0.392. The maximum Gasteiger partial charge on any atom is 0.253 e. The Hall–Kier alpha value is -2.28. The molecule has 0 aromatic heterocycles. The van der Waals surface area contributed by atoms with E-state index in [4.69, 9.17) is 4.74 Å². The lowest BCUT2D eigenvalue weighted by Gasteiger charge is -2.37. The third-order valence-electron chi connectivity index (χ3n) is 4.93. The molecule has 150 valence electrons. The van der Waals surface area contributed by atoms with Gasteiger partial charge in [0.15, 0.2) is 0 Å². The van der Waals surface area contributed by atoms with Crippen LogP contribution < -0.4 is 9.64 Å². The van der Waals surface area contributed by atoms with Gasteiger partial charge in [-0.2, -0.15) is 0 Å². The van der Waals surface area contributed by atoms with Gasteiger partial charge < -0.3 is 24.3 Å². The van der Waals surface area contributed by atoms with Crippen LogP contribution in [0.3, 0.4) is 0 Å². The van der Waals surface area contributed by atoms with Gasteiger partial charge in [-0.1, -0.05) is 0 Å². The quantitative estimate of drug-likeness (QED) is 0.720. The number of hydrogen-bond acceptors (Lipinski definition) is 5. The lowest BCUT2D eigenvalue weighted by Crippen LogP contribution is -2.45. The molecule has 1 heterocycles. The van der Waals surface area contributed by atoms with Crippen molar-refractivity contribution in [2.45, 2.75) is 19.4 Å². The van der Waals surface area contributed by atoms with E-state index in [-0.39, 0.29) is 17.9 Å². The molecule has 0 radical (unpaired) electrons. The second kappa shape index (κ2) is 9.08. The molecule has 2 rings (SSSR count). The molecular formula is C20H32N4O3. The Labute approximate surface area is 162 Å². The van der Waals surface area contributed by atoms with Crippen molar-refractivity contribution in [1.82, 2.24) is 14.7 Å². The number of carbonyl (C=O) groups excluding carboxylic acids is 2. The monoisotopic (exact) mass is 376 g/mol. The van der Waals surface area contributed by atoms with Gasteiger partial charge in [0, 0.05) is 46.3 Å². The van der Waals surface area contributed by atoms with Gasteiger partial charge in [0.05, 0.1) is 18.2 Å². The third-order valence-corrected chi connectivity index (χ3v) is 4.93. The first-order chi connectivity index (χ1) is 12.7. The number of ether oxygens (including phenoxy) is 1. The molecule has 0 unspecified atom stereocenters. The minimum Gasteiger partial charge on any atom is -0.489 e. The van der Waals surface area contributed by atoms with E-state index in [2.05, 4.69) is 9.80 Å². The highest BCUT2D eigenvalue weighted by Crippen LogP contribution is 2.34. The summed E-state index contributed by atoms with van der Waals surface area (Å²) in [7, 11) is 9.43. The van der Waals surface area contributed by atoms with Crippen molar-refractivity contribution in [2.75, 3.05) is 66.4 Å². The van der Waals surface area contributed by atoms with Crippen LogP contribution in [0.1, 0.15) is 23.7 Å². The largest absolute Gasteiger partial charge is 0.489 e. The summed E-state index contributed by atoms with van der Waals surface area (Å²) in [5, 5.41) is 0. The van der Waals surface area contributed by atoms with E-state index in [1.54, 1.807) is 25.1 Å². The number of carbonyl (C=O) groups is 2. The number of benzene rings is 1. The minimum absolute atomic E-state index is 0.0507. The lowest BCUT2D eigenvalue weighted by molar-refractivity contribution is -0.131. The summed E-state index contributed by atoms with van der Waals surface area (Å²) in [5.41, 5.74) is 1.46. The Bertz CT molecular complexity index is 675. The number of fused-ring (bicyclic) bond motifs is 1. The molecule has 2 amide bonds. The molecule has 0 saturated heterocycles. The van der Waals surface area contributed by atoms with Gasteiger partial charge in [-0.15, -0.1) is 0 Å². The molecule has 0 bridgehead atoms. The van der Waals surface area contributed by atoms with Crippen molar-refractivity contribution in [3.05, 3.63) is 23.8 Å². The van der Waals surface area contributed by atoms with Gasteiger partial charge in [0.25, 0.3) is 5.91 Å². The molecule has 1 aliphatic heterocycles. The molecule has 1 aliphatic rings. The maximum absolute atomic E-state index is 12.7. The lowest BCUT2D eigenvalue weighted by atomic mass is 10.1. The normalized spacial score (nSPS) is 16.0. The molecule has 0 saturated carbocycles. The first kappa shape index (κ1) is 21.0. The van der Waals surface area contributed by atoms with E-state index in [9.17, 15) is 9.59 Å². The van der Waals surface area contributed by atoms with Crippen LogP contribution in [0.5, 0.6) is 5.75 Å². The third kappa shape index (κ3) is 5.13. The van der Waals surface area contributed by atoms with Gasteiger partial charge in [-0.05, 0) is 39.2 Å². The highest BCUT2D eigenvalue weighted by atomic mass is 16.5. The predicted molar refractivity (Wildman–Crippen MR) is 108 cm³/mol. The molecule has 1 atom stereocenters. The average molecular weight is 377 g/mol. The van der Waals surface area contributed by atoms with Crippen LogP contribution in [-0.4, -0.2) is 94.0 Å². The van der Waals surface area contributed by atoms with Crippen LogP contribution in [0.15, 0.2) is 18.2 Å². The van der Waals surface area contributed by atoms with Crippen molar-refractivity contribution < 1.29 is 14.3 Å². The number of amides is 2. The molecule has 0 spiro atoms. The Morgan fingerprint density at radius 2 is 1.89 bits per heavy atom.